The van der Waals surface area contributed by atoms with Gasteiger partial charge in [-0.3, -0.25) is 0 Å². The van der Waals surface area contributed by atoms with Gasteiger partial charge in [0, 0.05) is 42.8 Å². The molecule has 2 heteroatoms. The van der Waals surface area contributed by atoms with Gasteiger partial charge in [0.25, 0.3) is 0 Å². The Morgan fingerprint density at radius 2 is 0.860 bits per heavy atom. The minimum Gasteiger partial charge on any atom is -0.310 e. The molecule has 10 aromatic rings. The number of rotatable bonds is 5. The fourth-order valence-corrected chi connectivity index (χ4v) is 9.03. The van der Waals surface area contributed by atoms with E-state index in [-0.39, 0.29) is 0 Å². The minimum atomic E-state index is 1.14. The molecule has 50 heavy (non-hydrogen) atoms. The maximum atomic E-state index is 2.37. The standard InChI is InChI=1S/C48H31NS/c1-3-14-35(15-4-1)49(36-16-5-2-6-17-36)37-29-28-32-30-34(27-26-33(32)31-37)46-39-19-7-9-21-41(39)47(42-22-10-8-20-40(42)46)44-24-13-23-43-38-18-11-12-25-45(38)50-48(43)44/h1-31H. The number of para-hydroxylation sites is 2. The highest BCUT2D eigenvalue weighted by Gasteiger charge is 2.20. The maximum absolute atomic E-state index is 2.37. The van der Waals surface area contributed by atoms with E-state index >= 15 is 0 Å². The van der Waals surface area contributed by atoms with Crippen molar-refractivity contribution in [3.63, 3.8) is 0 Å². The molecule has 234 valence electrons. The summed E-state index contributed by atoms with van der Waals surface area (Å²) < 4.78 is 2.67. The molecule has 0 saturated carbocycles. The van der Waals surface area contributed by atoms with Gasteiger partial charge in [0.15, 0.2) is 0 Å². The topological polar surface area (TPSA) is 3.24 Å². The molecule has 1 heterocycles. The lowest BCUT2D eigenvalue weighted by atomic mass is 9.85. The first-order valence-corrected chi connectivity index (χ1v) is 17.9. The molecule has 0 atom stereocenters. The number of hydrogen-bond donors (Lipinski definition) is 0. The molecule has 0 aliphatic carbocycles. The number of benzene rings is 9. The summed E-state index contributed by atoms with van der Waals surface area (Å²) in [5.74, 6) is 0. The van der Waals surface area contributed by atoms with Gasteiger partial charge < -0.3 is 4.90 Å². The Bertz CT molecular complexity index is 2770. The van der Waals surface area contributed by atoms with Gasteiger partial charge in [-0.15, -0.1) is 11.3 Å². The van der Waals surface area contributed by atoms with Gasteiger partial charge in [-0.25, -0.2) is 0 Å². The van der Waals surface area contributed by atoms with Crippen LogP contribution in [-0.4, -0.2) is 0 Å². The van der Waals surface area contributed by atoms with Gasteiger partial charge in [0.2, 0.25) is 0 Å². The molecule has 0 aliphatic heterocycles. The summed E-state index contributed by atoms with van der Waals surface area (Å²) in [4.78, 5) is 2.32. The molecular formula is C48H31NS. The largest absolute Gasteiger partial charge is 0.310 e. The molecule has 0 saturated heterocycles. The number of hydrogen-bond acceptors (Lipinski definition) is 2. The van der Waals surface area contributed by atoms with Gasteiger partial charge in [0.1, 0.15) is 0 Å². The van der Waals surface area contributed by atoms with Crippen LogP contribution < -0.4 is 4.90 Å². The second-order valence-electron chi connectivity index (χ2n) is 12.9. The Labute approximate surface area is 294 Å². The van der Waals surface area contributed by atoms with E-state index in [4.69, 9.17) is 0 Å². The average Bonchev–Trinajstić information content (AvgIpc) is 3.57. The third-order valence-corrected chi connectivity index (χ3v) is 11.2. The van der Waals surface area contributed by atoms with Crippen molar-refractivity contribution in [2.24, 2.45) is 0 Å². The summed E-state index contributed by atoms with van der Waals surface area (Å²) in [5.41, 5.74) is 8.54. The van der Waals surface area contributed by atoms with E-state index in [0.717, 1.165) is 17.1 Å². The quantitative estimate of drug-likeness (QED) is 0.167. The number of thiophene rings is 1. The summed E-state index contributed by atoms with van der Waals surface area (Å²) in [7, 11) is 0. The Morgan fingerprint density at radius 1 is 0.340 bits per heavy atom. The van der Waals surface area contributed by atoms with E-state index in [1.807, 2.05) is 11.3 Å². The molecule has 1 nitrogen and oxygen atoms in total. The lowest BCUT2D eigenvalue weighted by Crippen LogP contribution is -2.09. The molecular weight excluding hydrogens is 623 g/mol. The molecule has 0 fully saturated rings. The van der Waals surface area contributed by atoms with E-state index in [2.05, 4.69) is 193 Å². The molecule has 0 N–H and O–H groups in total. The van der Waals surface area contributed by atoms with Crippen LogP contribution >= 0.6 is 11.3 Å². The van der Waals surface area contributed by atoms with E-state index in [1.165, 1.54) is 74.7 Å². The lowest BCUT2D eigenvalue weighted by Gasteiger charge is -2.25. The Balaban J connectivity index is 1.17. The number of fused-ring (bicyclic) bond motifs is 6. The van der Waals surface area contributed by atoms with Gasteiger partial charge >= 0.3 is 0 Å². The summed E-state index contributed by atoms with van der Waals surface area (Å²) >= 11 is 1.90. The second-order valence-corrected chi connectivity index (χ2v) is 13.9. The smallest absolute Gasteiger partial charge is 0.0468 e. The molecule has 0 amide bonds. The first kappa shape index (κ1) is 28.8. The van der Waals surface area contributed by atoms with Crippen LogP contribution in [0.2, 0.25) is 0 Å². The highest BCUT2D eigenvalue weighted by Crippen LogP contribution is 2.48. The Hall–Kier alpha value is -6.22. The van der Waals surface area contributed by atoms with Crippen LogP contribution in [0.4, 0.5) is 17.1 Å². The van der Waals surface area contributed by atoms with Gasteiger partial charge in [-0.1, -0.05) is 140 Å². The summed E-state index contributed by atoms with van der Waals surface area (Å²) in [6, 6.07) is 68.5. The number of anilines is 3. The molecule has 0 bridgehead atoms. The summed E-state index contributed by atoms with van der Waals surface area (Å²) in [5, 5.41) is 10.2. The van der Waals surface area contributed by atoms with E-state index in [9.17, 15) is 0 Å². The molecule has 0 unspecified atom stereocenters. The third-order valence-electron chi connectivity index (χ3n) is 10.0. The highest BCUT2D eigenvalue weighted by molar-refractivity contribution is 7.26. The minimum absolute atomic E-state index is 1.14. The van der Waals surface area contributed by atoms with Crippen molar-refractivity contribution < 1.29 is 0 Å². The van der Waals surface area contributed by atoms with Crippen LogP contribution in [0.3, 0.4) is 0 Å². The van der Waals surface area contributed by atoms with E-state index in [1.54, 1.807) is 0 Å². The van der Waals surface area contributed by atoms with E-state index < -0.39 is 0 Å². The molecule has 0 aliphatic rings. The molecule has 9 aromatic carbocycles. The maximum Gasteiger partial charge on any atom is 0.0468 e. The summed E-state index contributed by atoms with van der Waals surface area (Å²) in [6.45, 7) is 0. The van der Waals surface area contributed by atoms with Gasteiger partial charge in [-0.05, 0) is 97.5 Å². The highest BCUT2D eigenvalue weighted by atomic mass is 32.1. The van der Waals surface area contributed by atoms with Crippen LogP contribution in [0.1, 0.15) is 0 Å². The predicted molar refractivity (Wildman–Crippen MR) is 217 cm³/mol. The number of nitrogens with zero attached hydrogens (tertiary/aromatic N) is 1. The van der Waals surface area contributed by atoms with Crippen molar-refractivity contribution in [2.75, 3.05) is 4.90 Å². The van der Waals surface area contributed by atoms with Gasteiger partial charge in [0.05, 0.1) is 0 Å². The Morgan fingerprint density at radius 3 is 1.52 bits per heavy atom. The van der Waals surface area contributed by atoms with Crippen molar-refractivity contribution in [2.45, 2.75) is 0 Å². The zero-order chi connectivity index (χ0) is 33.0. The van der Waals surface area contributed by atoms with Crippen LogP contribution in [0.15, 0.2) is 188 Å². The van der Waals surface area contributed by atoms with Crippen molar-refractivity contribution in [3.05, 3.63) is 188 Å². The van der Waals surface area contributed by atoms with Crippen molar-refractivity contribution >= 4 is 80.9 Å². The van der Waals surface area contributed by atoms with Crippen molar-refractivity contribution in [1.82, 2.24) is 0 Å². The molecule has 0 spiro atoms. The monoisotopic (exact) mass is 653 g/mol. The normalized spacial score (nSPS) is 11.6. The first-order chi connectivity index (χ1) is 24.8. The lowest BCUT2D eigenvalue weighted by molar-refractivity contribution is 1.29. The zero-order valence-electron chi connectivity index (χ0n) is 27.3. The molecule has 10 rings (SSSR count). The van der Waals surface area contributed by atoms with Crippen LogP contribution in [0, 0.1) is 0 Å². The van der Waals surface area contributed by atoms with E-state index in [0.29, 0.717) is 0 Å². The fraction of sp³-hybridized carbons (Fsp3) is 0. The summed E-state index contributed by atoms with van der Waals surface area (Å²) in [6.07, 6.45) is 0. The van der Waals surface area contributed by atoms with Crippen molar-refractivity contribution in [3.8, 4) is 22.3 Å². The zero-order valence-corrected chi connectivity index (χ0v) is 28.1. The SMILES string of the molecule is c1ccc(N(c2ccccc2)c2ccc3cc(-c4c5ccccc5c(-c5cccc6c5sc5ccccc56)c5ccccc45)ccc3c2)cc1. The van der Waals surface area contributed by atoms with Crippen molar-refractivity contribution in [1.29, 1.82) is 0 Å². The third kappa shape index (κ3) is 4.61. The fourth-order valence-electron chi connectivity index (χ4n) is 7.80. The first-order valence-electron chi connectivity index (χ1n) is 17.1. The average molecular weight is 654 g/mol. The molecule has 0 radical (unpaired) electrons. The van der Waals surface area contributed by atoms with Crippen LogP contribution in [-0.2, 0) is 0 Å². The molecule has 1 aromatic heterocycles. The second kappa shape index (κ2) is 11.7. The van der Waals surface area contributed by atoms with Crippen LogP contribution in [0.5, 0.6) is 0 Å². The predicted octanol–water partition coefficient (Wildman–Crippen LogP) is 14.3. The van der Waals surface area contributed by atoms with Gasteiger partial charge in [-0.2, -0.15) is 0 Å². The Kier molecular flexibility index (Phi) is 6.75. The van der Waals surface area contributed by atoms with Crippen LogP contribution in [0.25, 0.3) is 74.7 Å².